The van der Waals surface area contributed by atoms with Gasteiger partial charge in [0.05, 0.1) is 12.9 Å². The molecule has 2 heterocycles. The molecule has 0 aliphatic rings. The predicted molar refractivity (Wildman–Crippen MR) is 105 cm³/mol. The van der Waals surface area contributed by atoms with Crippen LogP contribution in [0, 0.1) is 0 Å². The first kappa shape index (κ1) is 19.6. The van der Waals surface area contributed by atoms with E-state index in [1.54, 1.807) is 34.1 Å². The maximum absolute atomic E-state index is 12.1. The summed E-state index contributed by atoms with van der Waals surface area (Å²) in [5, 5.41) is 10.4. The Morgan fingerprint density at radius 2 is 1.93 bits per heavy atom. The molecule has 0 atom stereocenters. The van der Waals surface area contributed by atoms with Crippen LogP contribution in [0.4, 0.5) is 4.79 Å². The maximum atomic E-state index is 12.1. The lowest BCUT2D eigenvalue weighted by molar-refractivity contribution is 0.0280. The van der Waals surface area contributed by atoms with Crippen molar-refractivity contribution in [3.63, 3.8) is 0 Å². The predicted octanol–water partition coefficient (Wildman–Crippen LogP) is 3.14. The third-order valence-corrected chi connectivity index (χ3v) is 4.07. The molecule has 8 heteroatoms. The Bertz CT molecular complexity index is 963. The van der Waals surface area contributed by atoms with E-state index < -0.39 is 11.7 Å². The number of aromatic hydroxyl groups is 1. The lowest BCUT2D eigenvalue weighted by atomic mass is 10.1. The number of fused-ring (bicyclic) bond motifs is 1. The lowest BCUT2D eigenvalue weighted by Gasteiger charge is -2.24. The van der Waals surface area contributed by atoms with E-state index in [4.69, 9.17) is 4.74 Å². The Hall–Kier alpha value is -3.16. The van der Waals surface area contributed by atoms with E-state index >= 15 is 0 Å². The molecule has 0 aliphatic heterocycles. The third kappa shape index (κ3) is 4.76. The van der Waals surface area contributed by atoms with Crippen LogP contribution in [0.5, 0.6) is 5.88 Å². The highest BCUT2D eigenvalue weighted by molar-refractivity contribution is 5.76. The monoisotopic (exact) mass is 383 g/mol. The van der Waals surface area contributed by atoms with Crippen molar-refractivity contribution in [1.29, 1.82) is 0 Å². The zero-order valence-electron chi connectivity index (χ0n) is 16.6. The number of hydrogen-bond donors (Lipinski definition) is 1. The van der Waals surface area contributed by atoms with Crippen molar-refractivity contribution in [3.05, 3.63) is 48.0 Å². The van der Waals surface area contributed by atoms with Gasteiger partial charge in [0.1, 0.15) is 5.60 Å². The Morgan fingerprint density at radius 1 is 1.21 bits per heavy atom. The number of hydrogen-bond acceptors (Lipinski definition) is 6. The zero-order valence-corrected chi connectivity index (χ0v) is 16.6. The number of aryl methyl sites for hydroxylation is 2. The second kappa shape index (κ2) is 7.84. The summed E-state index contributed by atoms with van der Waals surface area (Å²) in [5.41, 5.74) is 1.49. The van der Waals surface area contributed by atoms with Crippen molar-refractivity contribution in [1.82, 2.24) is 24.4 Å². The Kier molecular flexibility index (Phi) is 5.48. The van der Waals surface area contributed by atoms with Crippen molar-refractivity contribution in [2.75, 3.05) is 7.05 Å². The van der Waals surface area contributed by atoms with Crippen LogP contribution in [0.25, 0.3) is 11.2 Å². The van der Waals surface area contributed by atoms with Crippen molar-refractivity contribution in [2.45, 2.75) is 45.9 Å². The highest BCUT2D eigenvalue weighted by Crippen LogP contribution is 2.21. The Labute approximate surface area is 163 Å². The maximum Gasteiger partial charge on any atom is 0.410 e. The van der Waals surface area contributed by atoms with Gasteiger partial charge in [0.15, 0.2) is 17.0 Å². The van der Waals surface area contributed by atoms with Gasteiger partial charge < -0.3 is 19.3 Å². The van der Waals surface area contributed by atoms with Crippen molar-refractivity contribution >= 4 is 17.3 Å². The average molecular weight is 383 g/mol. The third-order valence-electron chi connectivity index (χ3n) is 4.07. The molecule has 2 aromatic heterocycles. The largest absolute Gasteiger partial charge is 0.492 e. The quantitative estimate of drug-likeness (QED) is 0.727. The van der Waals surface area contributed by atoms with E-state index in [0.29, 0.717) is 23.5 Å². The molecule has 3 aromatic rings. The van der Waals surface area contributed by atoms with Crippen molar-refractivity contribution < 1.29 is 14.6 Å². The summed E-state index contributed by atoms with van der Waals surface area (Å²) in [7, 11) is 1.59. The van der Waals surface area contributed by atoms with Crippen LogP contribution in [0.2, 0.25) is 0 Å². The fraction of sp³-hybridized carbons (Fsp3) is 0.400. The van der Waals surface area contributed by atoms with Crippen LogP contribution < -0.4 is 0 Å². The molecule has 0 saturated heterocycles. The Balaban J connectivity index is 1.74. The molecular formula is C20H25N5O3. The molecule has 0 spiro atoms. The molecule has 148 valence electrons. The number of rotatable bonds is 5. The van der Waals surface area contributed by atoms with Crippen molar-refractivity contribution in [2.24, 2.45) is 0 Å². The summed E-state index contributed by atoms with van der Waals surface area (Å²) in [6.45, 7) is 6.16. The lowest BCUT2D eigenvalue weighted by Crippen LogP contribution is -2.34. The van der Waals surface area contributed by atoms with Crippen LogP contribution in [-0.2, 0) is 24.2 Å². The van der Waals surface area contributed by atoms with E-state index in [1.807, 2.05) is 22.8 Å². The SMILES string of the molecule is CN(Cc1nc(O)c2c(ncn2CCc2ccccc2)n1)C(=O)OC(C)(C)C. The highest BCUT2D eigenvalue weighted by atomic mass is 16.6. The summed E-state index contributed by atoms with van der Waals surface area (Å²) >= 11 is 0. The van der Waals surface area contributed by atoms with Crippen LogP contribution in [-0.4, -0.2) is 48.3 Å². The molecule has 0 radical (unpaired) electrons. The van der Waals surface area contributed by atoms with Crippen LogP contribution in [0.15, 0.2) is 36.7 Å². The fourth-order valence-corrected chi connectivity index (χ4v) is 2.76. The minimum Gasteiger partial charge on any atom is -0.492 e. The molecule has 0 bridgehead atoms. The van der Waals surface area contributed by atoms with Gasteiger partial charge in [-0.25, -0.2) is 14.8 Å². The van der Waals surface area contributed by atoms with Gasteiger partial charge in [-0.2, -0.15) is 4.98 Å². The number of nitrogens with zero attached hydrogens (tertiary/aromatic N) is 5. The van der Waals surface area contributed by atoms with Crippen molar-refractivity contribution in [3.8, 4) is 5.88 Å². The zero-order chi connectivity index (χ0) is 20.3. The van der Waals surface area contributed by atoms with Gasteiger partial charge in [0.2, 0.25) is 5.88 Å². The van der Waals surface area contributed by atoms with Gasteiger partial charge in [-0.3, -0.25) is 0 Å². The number of imidazole rings is 1. The van der Waals surface area contributed by atoms with E-state index in [2.05, 4.69) is 27.1 Å². The Morgan fingerprint density at radius 3 is 2.61 bits per heavy atom. The minimum absolute atomic E-state index is 0.106. The van der Waals surface area contributed by atoms with E-state index in [9.17, 15) is 9.90 Å². The van der Waals surface area contributed by atoms with Crippen LogP contribution in [0.3, 0.4) is 0 Å². The summed E-state index contributed by atoms with van der Waals surface area (Å²) in [4.78, 5) is 26.3. The average Bonchev–Trinajstić information content (AvgIpc) is 3.03. The van der Waals surface area contributed by atoms with Gasteiger partial charge in [0, 0.05) is 13.6 Å². The molecule has 1 amide bonds. The molecule has 3 rings (SSSR count). The van der Waals surface area contributed by atoms with E-state index in [1.165, 1.54) is 10.5 Å². The van der Waals surface area contributed by atoms with E-state index in [0.717, 1.165) is 6.42 Å². The van der Waals surface area contributed by atoms with Gasteiger partial charge in [-0.1, -0.05) is 30.3 Å². The number of carbonyl (C=O) groups excluding carboxylic acids is 1. The molecule has 8 nitrogen and oxygen atoms in total. The summed E-state index contributed by atoms with van der Waals surface area (Å²) in [5.74, 6) is 0.148. The normalized spacial score (nSPS) is 11.6. The molecular weight excluding hydrogens is 358 g/mol. The second-order valence-corrected chi connectivity index (χ2v) is 7.65. The molecule has 1 aromatic carbocycles. The summed E-state index contributed by atoms with van der Waals surface area (Å²) in [6, 6.07) is 10.1. The van der Waals surface area contributed by atoms with E-state index in [-0.39, 0.29) is 12.4 Å². The number of aromatic nitrogens is 4. The summed E-state index contributed by atoms with van der Waals surface area (Å²) < 4.78 is 7.15. The second-order valence-electron chi connectivity index (χ2n) is 7.65. The first-order valence-electron chi connectivity index (χ1n) is 9.12. The first-order chi connectivity index (χ1) is 13.2. The molecule has 28 heavy (non-hydrogen) atoms. The molecule has 1 N–H and O–H groups in total. The molecule has 0 saturated carbocycles. The number of carbonyl (C=O) groups is 1. The smallest absolute Gasteiger partial charge is 0.410 e. The summed E-state index contributed by atoms with van der Waals surface area (Å²) in [6.07, 6.45) is 1.96. The van der Waals surface area contributed by atoms with Gasteiger partial charge >= 0.3 is 6.09 Å². The molecule has 0 fully saturated rings. The highest BCUT2D eigenvalue weighted by Gasteiger charge is 2.21. The topological polar surface area (TPSA) is 93.4 Å². The van der Waals surface area contributed by atoms with Gasteiger partial charge in [-0.05, 0) is 32.8 Å². The number of amides is 1. The number of benzene rings is 1. The number of ether oxygens (including phenoxy) is 1. The van der Waals surface area contributed by atoms with Gasteiger partial charge in [0.25, 0.3) is 0 Å². The van der Waals surface area contributed by atoms with Gasteiger partial charge in [-0.15, -0.1) is 0 Å². The molecule has 0 unspecified atom stereocenters. The first-order valence-corrected chi connectivity index (χ1v) is 9.12. The van der Waals surface area contributed by atoms with Crippen LogP contribution in [0.1, 0.15) is 32.2 Å². The minimum atomic E-state index is -0.587. The molecule has 0 aliphatic carbocycles. The fourth-order valence-electron chi connectivity index (χ4n) is 2.76. The standard InChI is InChI=1S/C20H25N5O3/c1-20(2,3)28-19(27)24(4)12-15-22-17-16(18(26)23-15)25(13-21-17)11-10-14-8-6-5-7-9-14/h5-9,13H,10-12H2,1-4H3,(H,22,23,26). The van der Waals surface area contributed by atoms with Crippen LogP contribution >= 0.6 is 0 Å².